The van der Waals surface area contributed by atoms with Gasteiger partial charge >= 0.3 is 0 Å². The molecule has 0 saturated carbocycles. The summed E-state index contributed by atoms with van der Waals surface area (Å²) in [5.74, 6) is -2.75. The number of rotatable bonds is 4. The van der Waals surface area contributed by atoms with Crippen LogP contribution in [-0.2, 0) is 4.74 Å². The fraction of sp³-hybridized carbons (Fsp3) is 0.227. The van der Waals surface area contributed by atoms with Crippen molar-refractivity contribution in [1.82, 2.24) is 15.0 Å². The van der Waals surface area contributed by atoms with E-state index in [2.05, 4.69) is 20.3 Å². The van der Waals surface area contributed by atoms with Crippen LogP contribution < -0.4 is 5.32 Å². The van der Waals surface area contributed by atoms with Crippen molar-refractivity contribution in [1.29, 1.82) is 5.26 Å². The molecule has 1 amide bonds. The second-order valence-corrected chi connectivity index (χ2v) is 7.25. The minimum absolute atomic E-state index is 0.0174. The average molecular weight is 453 g/mol. The summed E-state index contributed by atoms with van der Waals surface area (Å²) in [6, 6.07) is 7.92. The SMILES string of the molecule is N#CC1OC(c2ccncc2NC(=O)c2ccnc(-c3c(F)cccc3F)n2)CC(O)C1O. The second kappa shape index (κ2) is 9.33. The molecule has 0 aliphatic carbocycles. The normalized spacial score (nSPS) is 22.4. The van der Waals surface area contributed by atoms with Gasteiger partial charge in [-0.05, 0) is 24.3 Å². The van der Waals surface area contributed by atoms with Crippen molar-refractivity contribution >= 4 is 11.6 Å². The zero-order valence-electron chi connectivity index (χ0n) is 16.9. The van der Waals surface area contributed by atoms with Crippen LogP contribution in [0.3, 0.4) is 0 Å². The first-order chi connectivity index (χ1) is 15.9. The average Bonchev–Trinajstić information content (AvgIpc) is 2.81. The number of carbonyl (C=O) groups is 1. The first-order valence-electron chi connectivity index (χ1n) is 9.83. The van der Waals surface area contributed by atoms with Crippen LogP contribution in [0.4, 0.5) is 14.5 Å². The maximum absolute atomic E-state index is 14.1. The molecule has 4 rings (SSSR count). The van der Waals surface area contributed by atoms with Gasteiger partial charge in [-0.1, -0.05) is 6.07 Å². The van der Waals surface area contributed by atoms with Gasteiger partial charge in [-0.25, -0.2) is 18.7 Å². The molecule has 1 aliphatic heterocycles. The number of aliphatic hydroxyl groups is 2. The minimum Gasteiger partial charge on any atom is -0.390 e. The van der Waals surface area contributed by atoms with Crippen LogP contribution >= 0.6 is 0 Å². The van der Waals surface area contributed by atoms with E-state index in [1.165, 1.54) is 30.7 Å². The molecule has 0 bridgehead atoms. The third kappa shape index (κ3) is 4.54. The monoisotopic (exact) mass is 453 g/mol. The Morgan fingerprint density at radius 3 is 2.67 bits per heavy atom. The molecule has 3 N–H and O–H groups in total. The molecule has 1 saturated heterocycles. The zero-order chi connectivity index (χ0) is 23.5. The van der Waals surface area contributed by atoms with Gasteiger partial charge in [0.25, 0.3) is 5.91 Å². The van der Waals surface area contributed by atoms with Crippen LogP contribution in [0, 0.1) is 23.0 Å². The Bertz CT molecular complexity index is 1220. The van der Waals surface area contributed by atoms with Crippen molar-refractivity contribution in [2.75, 3.05) is 5.32 Å². The number of anilines is 1. The molecule has 4 atom stereocenters. The number of amides is 1. The summed E-state index contributed by atoms with van der Waals surface area (Å²) in [6.07, 6.45) is -0.654. The molecule has 4 unspecified atom stereocenters. The van der Waals surface area contributed by atoms with Gasteiger partial charge in [-0.2, -0.15) is 5.26 Å². The molecule has 0 radical (unpaired) electrons. The number of aliphatic hydroxyl groups excluding tert-OH is 2. The van der Waals surface area contributed by atoms with Crippen LogP contribution in [0.15, 0.2) is 48.9 Å². The first-order valence-corrected chi connectivity index (χ1v) is 9.83. The van der Waals surface area contributed by atoms with Crippen molar-refractivity contribution in [3.05, 3.63) is 71.8 Å². The number of hydrogen-bond acceptors (Lipinski definition) is 8. The van der Waals surface area contributed by atoms with Crippen molar-refractivity contribution < 1.29 is 28.5 Å². The summed E-state index contributed by atoms with van der Waals surface area (Å²) in [6.45, 7) is 0. The second-order valence-electron chi connectivity index (χ2n) is 7.25. The lowest BCUT2D eigenvalue weighted by Crippen LogP contribution is -2.44. The molecule has 0 spiro atoms. The molecule has 11 heteroatoms. The van der Waals surface area contributed by atoms with E-state index >= 15 is 0 Å². The maximum Gasteiger partial charge on any atom is 0.274 e. The van der Waals surface area contributed by atoms with Gasteiger partial charge < -0.3 is 20.3 Å². The zero-order valence-corrected chi connectivity index (χ0v) is 16.9. The van der Waals surface area contributed by atoms with E-state index < -0.39 is 47.5 Å². The highest BCUT2D eigenvalue weighted by molar-refractivity contribution is 6.03. The highest BCUT2D eigenvalue weighted by Gasteiger charge is 2.38. The van der Waals surface area contributed by atoms with Gasteiger partial charge in [0, 0.05) is 24.4 Å². The van der Waals surface area contributed by atoms with Crippen molar-refractivity contribution in [2.45, 2.75) is 30.8 Å². The van der Waals surface area contributed by atoms with Crippen LogP contribution in [0.25, 0.3) is 11.4 Å². The lowest BCUT2D eigenvalue weighted by atomic mass is 9.94. The highest BCUT2D eigenvalue weighted by atomic mass is 19.1. The number of aromatic nitrogens is 3. The van der Waals surface area contributed by atoms with Gasteiger partial charge in [0.05, 0.1) is 35.7 Å². The number of hydrogen-bond donors (Lipinski definition) is 3. The van der Waals surface area contributed by atoms with E-state index in [0.717, 1.165) is 12.1 Å². The lowest BCUT2D eigenvalue weighted by Gasteiger charge is -2.34. The fourth-order valence-electron chi connectivity index (χ4n) is 3.47. The van der Waals surface area contributed by atoms with Gasteiger partial charge in [-0.3, -0.25) is 9.78 Å². The number of halogens is 2. The summed E-state index contributed by atoms with van der Waals surface area (Å²) in [4.78, 5) is 24.6. The summed E-state index contributed by atoms with van der Waals surface area (Å²) < 4.78 is 33.8. The topological polar surface area (TPSA) is 141 Å². The van der Waals surface area contributed by atoms with E-state index in [-0.39, 0.29) is 23.6 Å². The fourth-order valence-corrected chi connectivity index (χ4v) is 3.47. The number of benzene rings is 1. The van der Waals surface area contributed by atoms with Gasteiger partial charge in [0.1, 0.15) is 23.4 Å². The van der Waals surface area contributed by atoms with Crippen LogP contribution in [0.1, 0.15) is 28.6 Å². The van der Waals surface area contributed by atoms with Crippen molar-refractivity contribution in [3.8, 4) is 17.5 Å². The molecule has 9 nitrogen and oxygen atoms in total. The quantitative estimate of drug-likeness (QED) is 0.546. The van der Waals surface area contributed by atoms with Crippen molar-refractivity contribution in [3.63, 3.8) is 0 Å². The van der Waals surface area contributed by atoms with E-state index in [9.17, 15) is 29.1 Å². The molecule has 33 heavy (non-hydrogen) atoms. The Kier molecular flexibility index (Phi) is 6.32. The van der Waals surface area contributed by atoms with Gasteiger partial charge in [-0.15, -0.1) is 0 Å². The lowest BCUT2D eigenvalue weighted by molar-refractivity contribution is -0.150. The molecule has 3 heterocycles. The maximum atomic E-state index is 14.1. The number of carbonyl (C=O) groups excluding carboxylic acids is 1. The largest absolute Gasteiger partial charge is 0.390 e. The van der Waals surface area contributed by atoms with Gasteiger partial charge in [0.15, 0.2) is 11.9 Å². The predicted molar refractivity (Wildman–Crippen MR) is 109 cm³/mol. The molecule has 168 valence electrons. The summed E-state index contributed by atoms with van der Waals surface area (Å²) in [7, 11) is 0. The van der Waals surface area contributed by atoms with Gasteiger partial charge in [0.2, 0.25) is 0 Å². The van der Waals surface area contributed by atoms with Crippen molar-refractivity contribution in [2.24, 2.45) is 0 Å². The number of pyridine rings is 1. The Labute approximate surface area is 186 Å². The van der Waals surface area contributed by atoms with E-state index in [4.69, 9.17) is 4.74 Å². The van der Waals surface area contributed by atoms with Crippen LogP contribution in [0.5, 0.6) is 0 Å². The summed E-state index contributed by atoms with van der Waals surface area (Å²) in [5, 5.41) is 31.7. The number of nitrogens with zero attached hydrogens (tertiary/aromatic N) is 4. The van der Waals surface area contributed by atoms with E-state index in [0.29, 0.717) is 5.56 Å². The summed E-state index contributed by atoms with van der Waals surface area (Å²) >= 11 is 0. The number of ether oxygens (including phenoxy) is 1. The standard InChI is InChI=1S/C22H17F2N5O4/c23-12-2-1-3-13(24)19(12)21-27-7-5-14(28-21)22(32)29-15-10-26-6-4-11(15)17-8-16(30)20(31)18(9-25)33-17/h1-7,10,16-18,20,30-31H,8H2,(H,29,32). The van der Waals surface area contributed by atoms with Crippen LogP contribution in [0.2, 0.25) is 0 Å². The third-order valence-corrected chi connectivity index (χ3v) is 5.12. The number of nitrogens with one attached hydrogen (secondary N) is 1. The van der Waals surface area contributed by atoms with E-state index in [1.807, 2.05) is 0 Å². The molecular formula is C22H17F2N5O4. The number of nitriles is 1. The highest BCUT2D eigenvalue weighted by Crippen LogP contribution is 2.35. The first kappa shape index (κ1) is 22.3. The Morgan fingerprint density at radius 2 is 1.94 bits per heavy atom. The summed E-state index contributed by atoms with van der Waals surface area (Å²) in [5.41, 5.74) is 0.0104. The third-order valence-electron chi connectivity index (χ3n) is 5.12. The minimum atomic E-state index is -1.36. The Morgan fingerprint density at radius 1 is 1.18 bits per heavy atom. The molecule has 1 fully saturated rings. The molecule has 1 aromatic carbocycles. The predicted octanol–water partition coefficient (Wildman–Crippen LogP) is 2.14. The molecular weight excluding hydrogens is 436 g/mol. The van der Waals surface area contributed by atoms with Crippen LogP contribution in [-0.4, -0.2) is 49.4 Å². The smallest absolute Gasteiger partial charge is 0.274 e. The molecule has 3 aromatic rings. The Hall–Kier alpha value is -3.85. The van der Waals surface area contributed by atoms with E-state index in [1.54, 1.807) is 12.1 Å². The molecule has 1 aliphatic rings. The molecule has 2 aromatic heterocycles. The Balaban J connectivity index is 1.60.